The largest absolute Gasteiger partial charge is 0.437 e. The number of anilines is 3. The Labute approximate surface area is 138 Å². The fourth-order valence-corrected chi connectivity index (χ4v) is 1.96. The number of pyridine rings is 1. The van der Waals surface area contributed by atoms with Crippen LogP contribution in [-0.4, -0.2) is 15.0 Å². The molecule has 3 N–H and O–H groups in total. The molecule has 0 radical (unpaired) electrons. The van der Waals surface area contributed by atoms with Gasteiger partial charge in [0, 0.05) is 6.20 Å². The topological polar surface area (TPSA) is 86.0 Å². The highest BCUT2D eigenvalue weighted by atomic mass is 35.5. The molecule has 0 unspecified atom stereocenters. The van der Waals surface area contributed by atoms with Crippen LogP contribution in [0.1, 0.15) is 5.56 Å². The third-order valence-corrected chi connectivity index (χ3v) is 3.28. The lowest BCUT2D eigenvalue weighted by atomic mass is 10.2. The molecule has 3 rings (SSSR count). The molecule has 0 aliphatic heterocycles. The molecule has 0 amide bonds. The van der Waals surface area contributed by atoms with Gasteiger partial charge in [0.25, 0.3) is 0 Å². The van der Waals surface area contributed by atoms with Crippen molar-refractivity contribution in [2.24, 2.45) is 0 Å². The number of nitrogens with two attached hydrogens (primary N) is 1. The summed E-state index contributed by atoms with van der Waals surface area (Å²) in [5.74, 6) is 1.91. The van der Waals surface area contributed by atoms with Gasteiger partial charge >= 0.3 is 0 Å². The maximum atomic E-state index is 6.07. The van der Waals surface area contributed by atoms with Crippen LogP contribution >= 0.6 is 11.6 Å². The van der Waals surface area contributed by atoms with Gasteiger partial charge in [-0.15, -0.1) is 0 Å². The summed E-state index contributed by atoms with van der Waals surface area (Å²) in [6, 6.07) is 11.0. The van der Waals surface area contributed by atoms with Crippen LogP contribution in [-0.2, 0) is 0 Å². The monoisotopic (exact) mass is 327 g/mol. The predicted molar refractivity (Wildman–Crippen MR) is 90.2 cm³/mol. The maximum absolute atomic E-state index is 6.07. The lowest BCUT2D eigenvalue weighted by Gasteiger charge is -2.11. The van der Waals surface area contributed by atoms with E-state index in [0.717, 1.165) is 5.56 Å². The van der Waals surface area contributed by atoms with Crippen LogP contribution in [0.5, 0.6) is 11.6 Å². The number of nitrogen functional groups attached to an aromatic ring is 1. The number of aryl methyl sites for hydroxylation is 1. The summed E-state index contributed by atoms with van der Waals surface area (Å²) in [6.45, 7) is 2.00. The molecular weight excluding hydrogens is 314 g/mol. The number of nitrogens with zero attached hydrogens (tertiary/aromatic N) is 3. The summed E-state index contributed by atoms with van der Waals surface area (Å²) >= 11 is 5.81. The molecule has 0 aliphatic carbocycles. The normalized spacial score (nSPS) is 10.3. The highest BCUT2D eigenvalue weighted by Crippen LogP contribution is 2.30. The van der Waals surface area contributed by atoms with E-state index in [2.05, 4.69) is 20.3 Å². The first kappa shape index (κ1) is 15.1. The second-order valence-corrected chi connectivity index (χ2v) is 5.28. The molecule has 2 aromatic heterocycles. The quantitative estimate of drug-likeness (QED) is 0.754. The fourth-order valence-electron chi connectivity index (χ4n) is 1.85. The van der Waals surface area contributed by atoms with Gasteiger partial charge in [-0.2, -0.15) is 4.98 Å². The van der Waals surface area contributed by atoms with Gasteiger partial charge in [0.2, 0.25) is 5.88 Å². The molecule has 23 heavy (non-hydrogen) atoms. The molecule has 1 aromatic carbocycles. The third kappa shape index (κ3) is 3.67. The molecule has 0 bridgehead atoms. The van der Waals surface area contributed by atoms with Crippen LogP contribution in [0.2, 0.25) is 5.02 Å². The molecule has 116 valence electrons. The van der Waals surface area contributed by atoms with Gasteiger partial charge in [0.1, 0.15) is 23.6 Å². The van der Waals surface area contributed by atoms with Gasteiger partial charge in [-0.25, -0.2) is 9.97 Å². The van der Waals surface area contributed by atoms with E-state index in [-0.39, 0.29) is 5.88 Å². The Bertz CT molecular complexity index is 740. The first-order chi connectivity index (χ1) is 11.1. The smallest absolute Gasteiger partial charge is 0.248 e. The van der Waals surface area contributed by atoms with E-state index in [1.807, 2.05) is 31.2 Å². The van der Waals surface area contributed by atoms with E-state index in [4.69, 9.17) is 22.1 Å². The van der Waals surface area contributed by atoms with Gasteiger partial charge in [-0.05, 0) is 31.2 Å². The van der Waals surface area contributed by atoms with Crippen molar-refractivity contribution >= 4 is 28.9 Å². The van der Waals surface area contributed by atoms with Crippen LogP contribution in [0.15, 0.2) is 48.9 Å². The van der Waals surface area contributed by atoms with E-state index >= 15 is 0 Å². The summed E-state index contributed by atoms with van der Waals surface area (Å²) in [5.41, 5.74) is 7.51. The highest BCUT2D eigenvalue weighted by molar-refractivity contribution is 6.30. The average molecular weight is 328 g/mol. The molecule has 3 aromatic rings. The Morgan fingerprint density at radius 1 is 1.04 bits per heavy atom. The zero-order valence-corrected chi connectivity index (χ0v) is 13.1. The number of rotatable bonds is 4. The molecule has 0 saturated heterocycles. The minimum absolute atomic E-state index is 0.278. The standard InChI is InChI=1S/C16H14ClN5O/c1-10-2-5-12(6-3-10)23-16-14(18)15(20-9-21-16)22-13-7-4-11(17)8-19-13/h2-9H,18H2,1H3,(H,19,20,21,22). The molecular formula is C16H14ClN5O. The number of benzene rings is 1. The van der Waals surface area contributed by atoms with Gasteiger partial charge in [0.15, 0.2) is 5.82 Å². The van der Waals surface area contributed by atoms with Crippen molar-refractivity contribution in [1.82, 2.24) is 15.0 Å². The van der Waals surface area contributed by atoms with Gasteiger partial charge in [0.05, 0.1) is 5.02 Å². The Kier molecular flexibility index (Phi) is 4.25. The Morgan fingerprint density at radius 3 is 2.52 bits per heavy atom. The Hall–Kier alpha value is -2.86. The van der Waals surface area contributed by atoms with Crippen molar-refractivity contribution in [3.63, 3.8) is 0 Å². The van der Waals surface area contributed by atoms with Crippen molar-refractivity contribution in [3.8, 4) is 11.6 Å². The van der Waals surface area contributed by atoms with E-state index in [9.17, 15) is 0 Å². The molecule has 6 nitrogen and oxygen atoms in total. The van der Waals surface area contributed by atoms with Crippen molar-refractivity contribution in [3.05, 3.63) is 59.5 Å². The second kappa shape index (κ2) is 6.50. The SMILES string of the molecule is Cc1ccc(Oc2ncnc(Nc3ccc(Cl)cn3)c2N)cc1. The summed E-state index contributed by atoms with van der Waals surface area (Å²) in [5, 5.41) is 3.56. The summed E-state index contributed by atoms with van der Waals surface area (Å²) in [4.78, 5) is 12.3. The number of ether oxygens (including phenoxy) is 1. The van der Waals surface area contributed by atoms with E-state index < -0.39 is 0 Å². The number of nitrogens with one attached hydrogen (secondary N) is 1. The first-order valence-corrected chi connectivity index (χ1v) is 7.23. The maximum Gasteiger partial charge on any atom is 0.248 e. The molecule has 0 spiro atoms. The van der Waals surface area contributed by atoms with Crippen molar-refractivity contribution < 1.29 is 4.74 Å². The van der Waals surface area contributed by atoms with Crippen LogP contribution < -0.4 is 15.8 Å². The predicted octanol–water partition coefficient (Wildman–Crippen LogP) is 3.95. The van der Waals surface area contributed by atoms with Crippen LogP contribution in [0.3, 0.4) is 0 Å². The van der Waals surface area contributed by atoms with Gasteiger partial charge in [-0.1, -0.05) is 29.3 Å². The lowest BCUT2D eigenvalue weighted by Crippen LogP contribution is -2.03. The van der Waals surface area contributed by atoms with Crippen molar-refractivity contribution in [2.75, 3.05) is 11.1 Å². The minimum Gasteiger partial charge on any atom is -0.437 e. The molecule has 7 heteroatoms. The van der Waals surface area contributed by atoms with E-state index in [1.54, 1.807) is 12.1 Å². The molecule has 0 saturated carbocycles. The zero-order chi connectivity index (χ0) is 16.2. The molecule has 0 atom stereocenters. The number of aromatic nitrogens is 3. The Balaban J connectivity index is 1.83. The number of hydrogen-bond acceptors (Lipinski definition) is 6. The fraction of sp³-hybridized carbons (Fsp3) is 0.0625. The third-order valence-electron chi connectivity index (χ3n) is 3.06. The van der Waals surface area contributed by atoms with Crippen LogP contribution in [0.25, 0.3) is 0 Å². The molecule has 0 fully saturated rings. The van der Waals surface area contributed by atoms with Gasteiger partial charge < -0.3 is 15.8 Å². The van der Waals surface area contributed by atoms with Crippen molar-refractivity contribution in [1.29, 1.82) is 0 Å². The average Bonchev–Trinajstić information content (AvgIpc) is 2.55. The van der Waals surface area contributed by atoms with Crippen LogP contribution in [0.4, 0.5) is 17.3 Å². The minimum atomic E-state index is 0.278. The lowest BCUT2D eigenvalue weighted by molar-refractivity contribution is 0.464. The highest BCUT2D eigenvalue weighted by Gasteiger charge is 2.11. The summed E-state index contributed by atoms with van der Waals surface area (Å²) in [7, 11) is 0. The molecule has 0 aliphatic rings. The van der Waals surface area contributed by atoms with E-state index in [1.165, 1.54) is 12.5 Å². The van der Waals surface area contributed by atoms with Gasteiger partial charge in [-0.3, -0.25) is 0 Å². The zero-order valence-electron chi connectivity index (χ0n) is 12.3. The van der Waals surface area contributed by atoms with Crippen molar-refractivity contribution in [2.45, 2.75) is 6.92 Å². The van der Waals surface area contributed by atoms with Crippen LogP contribution in [0, 0.1) is 6.92 Å². The van der Waals surface area contributed by atoms with E-state index in [0.29, 0.717) is 28.1 Å². The Morgan fingerprint density at radius 2 is 1.83 bits per heavy atom. The molecule has 2 heterocycles. The second-order valence-electron chi connectivity index (χ2n) is 4.84. The number of halogens is 1. The summed E-state index contributed by atoms with van der Waals surface area (Å²) < 4.78 is 5.70. The summed E-state index contributed by atoms with van der Waals surface area (Å²) in [6.07, 6.45) is 2.91. The number of hydrogen-bond donors (Lipinski definition) is 2. The first-order valence-electron chi connectivity index (χ1n) is 6.85.